The van der Waals surface area contributed by atoms with E-state index in [1.54, 1.807) is 12.4 Å². The highest BCUT2D eigenvalue weighted by Gasteiger charge is 2.13. The van der Waals surface area contributed by atoms with Gasteiger partial charge in [-0.05, 0) is 32.9 Å². The van der Waals surface area contributed by atoms with Gasteiger partial charge in [0, 0.05) is 49.4 Å². The summed E-state index contributed by atoms with van der Waals surface area (Å²) < 4.78 is 5.42. The Morgan fingerprint density at radius 2 is 1.86 bits per heavy atom. The molecule has 2 aromatic heterocycles. The van der Waals surface area contributed by atoms with Gasteiger partial charge in [0.2, 0.25) is 0 Å². The van der Waals surface area contributed by atoms with Crippen LogP contribution in [0.3, 0.4) is 0 Å². The Bertz CT molecular complexity index is 586. The van der Waals surface area contributed by atoms with E-state index >= 15 is 0 Å². The first-order valence-electron chi connectivity index (χ1n) is 7.18. The Labute approximate surface area is 126 Å². The monoisotopic (exact) mass is 286 g/mol. The normalized spacial score (nSPS) is 10.7. The van der Waals surface area contributed by atoms with Crippen LogP contribution in [0.25, 0.3) is 11.4 Å². The van der Waals surface area contributed by atoms with E-state index in [0.717, 1.165) is 41.6 Å². The van der Waals surface area contributed by atoms with E-state index in [9.17, 15) is 0 Å². The van der Waals surface area contributed by atoms with Crippen molar-refractivity contribution in [3.05, 3.63) is 35.8 Å². The molecule has 0 saturated carbocycles. The second kappa shape index (κ2) is 7.13. The molecule has 0 unspecified atom stereocenters. The molecule has 0 bridgehead atoms. The molecule has 5 nitrogen and oxygen atoms in total. The Morgan fingerprint density at radius 3 is 2.52 bits per heavy atom. The fourth-order valence-corrected chi connectivity index (χ4v) is 2.07. The van der Waals surface area contributed by atoms with Crippen molar-refractivity contribution in [2.75, 3.05) is 31.7 Å². The number of aryl methyl sites for hydroxylation is 1. The van der Waals surface area contributed by atoms with Crippen molar-refractivity contribution >= 4 is 5.82 Å². The van der Waals surface area contributed by atoms with E-state index in [1.807, 2.05) is 33.0 Å². The molecule has 2 rings (SSSR count). The van der Waals surface area contributed by atoms with Crippen LogP contribution in [0.2, 0.25) is 0 Å². The van der Waals surface area contributed by atoms with E-state index in [2.05, 4.69) is 21.8 Å². The van der Waals surface area contributed by atoms with Gasteiger partial charge in [-0.15, -0.1) is 0 Å². The Hall–Kier alpha value is -2.01. The fourth-order valence-electron chi connectivity index (χ4n) is 2.07. The molecule has 0 saturated heterocycles. The minimum absolute atomic E-state index is 0.695. The molecule has 0 amide bonds. The summed E-state index contributed by atoms with van der Waals surface area (Å²) in [4.78, 5) is 15.5. The SMILES string of the molecule is CCOCCN(C)c1nc(-c2ccncc2)nc(C)c1C. The molecule has 5 heteroatoms. The maximum atomic E-state index is 5.42. The van der Waals surface area contributed by atoms with Gasteiger partial charge in [-0.1, -0.05) is 0 Å². The van der Waals surface area contributed by atoms with Crippen molar-refractivity contribution in [2.24, 2.45) is 0 Å². The fraction of sp³-hybridized carbons (Fsp3) is 0.438. The summed E-state index contributed by atoms with van der Waals surface area (Å²) >= 11 is 0. The summed E-state index contributed by atoms with van der Waals surface area (Å²) in [6, 6.07) is 3.85. The van der Waals surface area contributed by atoms with Crippen LogP contribution < -0.4 is 4.90 Å². The minimum Gasteiger partial charge on any atom is -0.380 e. The lowest BCUT2D eigenvalue weighted by atomic mass is 10.2. The largest absolute Gasteiger partial charge is 0.380 e. The van der Waals surface area contributed by atoms with Crippen molar-refractivity contribution in [1.82, 2.24) is 15.0 Å². The van der Waals surface area contributed by atoms with Gasteiger partial charge in [0.05, 0.1) is 6.61 Å². The third-order valence-electron chi connectivity index (χ3n) is 3.44. The molecular weight excluding hydrogens is 264 g/mol. The highest BCUT2D eigenvalue weighted by Crippen LogP contribution is 2.23. The molecule has 0 aliphatic rings. The van der Waals surface area contributed by atoms with E-state index in [1.165, 1.54) is 0 Å². The molecule has 0 radical (unpaired) electrons. The van der Waals surface area contributed by atoms with Gasteiger partial charge in [0.1, 0.15) is 5.82 Å². The summed E-state index contributed by atoms with van der Waals surface area (Å²) in [6.07, 6.45) is 3.51. The number of pyridine rings is 1. The second-order valence-electron chi connectivity index (χ2n) is 4.94. The molecule has 0 spiro atoms. The van der Waals surface area contributed by atoms with E-state index in [-0.39, 0.29) is 0 Å². The number of anilines is 1. The van der Waals surface area contributed by atoms with Gasteiger partial charge in [0.25, 0.3) is 0 Å². The van der Waals surface area contributed by atoms with Crippen molar-refractivity contribution < 1.29 is 4.74 Å². The first-order chi connectivity index (χ1) is 10.1. The van der Waals surface area contributed by atoms with Crippen LogP contribution in [0.4, 0.5) is 5.82 Å². The lowest BCUT2D eigenvalue weighted by molar-refractivity contribution is 0.154. The van der Waals surface area contributed by atoms with Crippen LogP contribution in [0.1, 0.15) is 18.2 Å². The zero-order valence-corrected chi connectivity index (χ0v) is 13.1. The van der Waals surface area contributed by atoms with Gasteiger partial charge in [-0.3, -0.25) is 4.98 Å². The molecule has 112 valence electrons. The number of ether oxygens (including phenoxy) is 1. The smallest absolute Gasteiger partial charge is 0.161 e. The zero-order chi connectivity index (χ0) is 15.2. The van der Waals surface area contributed by atoms with Gasteiger partial charge in [-0.2, -0.15) is 0 Å². The molecule has 0 N–H and O–H groups in total. The molecule has 21 heavy (non-hydrogen) atoms. The summed E-state index contributed by atoms with van der Waals surface area (Å²) in [5.41, 5.74) is 3.08. The van der Waals surface area contributed by atoms with Crippen LogP contribution in [-0.2, 0) is 4.74 Å². The number of aromatic nitrogens is 3. The quantitative estimate of drug-likeness (QED) is 0.764. The third-order valence-corrected chi connectivity index (χ3v) is 3.44. The number of likely N-dealkylation sites (N-methyl/N-ethyl adjacent to an activating group) is 1. The molecular formula is C16H22N4O. The average Bonchev–Trinajstić information content (AvgIpc) is 2.51. The topological polar surface area (TPSA) is 51.1 Å². The summed E-state index contributed by atoms with van der Waals surface area (Å²) in [6.45, 7) is 8.31. The highest BCUT2D eigenvalue weighted by atomic mass is 16.5. The molecule has 2 heterocycles. The molecule has 0 fully saturated rings. The van der Waals surface area contributed by atoms with Crippen LogP contribution in [0, 0.1) is 13.8 Å². The van der Waals surface area contributed by atoms with Crippen LogP contribution in [-0.4, -0.2) is 41.8 Å². The first kappa shape index (κ1) is 15.4. The standard InChI is InChI=1S/C16H22N4O/c1-5-21-11-10-20(4)16-12(2)13(3)18-15(19-16)14-6-8-17-9-7-14/h6-9H,5,10-11H2,1-4H3. The van der Waals surface area contributed by atoms with Gasteiger partial charge < -0.3 is 9.64 Å². The summed E-state index contributed by atoms with van der Waals surface area (Å²) in [5.74, 6) is 1.69. The lowest BCUT2D eigenvalue weighted by Crippen LogP contribution is -2.25. The molecule has 0 aliphatic carbocycles. The number of hydrogen-bond acceptors (Lipinski definition) is 5. The van der Waals surface area contributed by atoms with Gasteiger partial charge in [-0.25, -0.2) is 9.97 Å². The van der Waals surface area contributed by atoms with Crippen molar-refractivity contribution in [3.63, 3.8) is 0 Å². The minimum atomic E-state index is 0.695. The second-order valence-corrected chi connectivity index (χ2v) is 4.94. The third kappa shape index (κ3) is 3.76. The molecule has 0 aromatic carbocycles. The van der Waals surface area contributed by atoms with Crippen LogP contribution in [0.5, 0.6) is 0 Å². The predicted molar refractivity (Wildman–Crippen MR) is 84.5 cm³/mol. The lowest BCUT2D eigenvalue weighted by Gasteiger charge is -2.21. The van der Waals surface area contributed by atoms with E-state index in [4.69, 9.17) is 9.72 Å². The van der Waals surface area contributed by atoms with Gasteiger partial charge in [0.15, 0.2) is 5.82 Å². The number of rotatable bonds is 6. The van der Waals surface area contributed by atoms with Crippen LogP contribution in [0.15, 0.2) is 24.5 Å². The molecule has 0 atom stereocenters. The highest BCUT2D eigenvalue weighted by molar-refractivity contribution is 5.59. The van der Waals surface area contributed by atoms with E-state index in [0.29, 0.717) is 6.61 Å². The van der Waals surface area contributed by atoms with Crippen LogP contribution >= 0.6 is 0 Å². The predicted octanol–water partition coefficient (Wildman–Crippen LogP) is 2.63. The Balaban J connectivity index is 2.30. The molecule has 0 aliphatic heterocycles. The maximum Gasteiger partial charge on any atom is 0.161 e. The molecule has 2 aromatic rings. The Kier molecular flexibility index (Phi) is 5.22. The van der Waals surface area contributed by atoms with Crippen molar-refractivity contribution in [1.29, 1.82) is 0 Å². The Morgan fingerprint density at radius 1 is 1.14 bits per heavy atom. The maximum absolute atomic E-state index is 5.42. The first-order valence-corrected chi connectivity index (χ1v) is 7.18. The summed E-state index contributed by atoms with van der Waals surface area (Å²) in [7, 11) is 2.03. The van der Waals surface area contributed by atoms with E-state index < -0.39 is 0 Å². The van der Waals surface area contributed by atoms with Gasteiger partial charge >= 0.3 is 0 Å². The number of hydrogen-bond donors (Lipinski definition) is 0. The zero-order valence-electron chi connectivity index (χ0n) is 13.1. The van der Waals surface area contributed by atoms with Crippen molar-refractivity contribution in [2.45, 2.75) is 20.8 Å². The number of nitrogens with zero attached hydrogens (tertiary/aromatic N) is 4. The summed E-state index contributed by atoms with van der Waals surface area (Å²) in [5, 5.41) is 0. The average molecular weight is 286 g/mol. The van der Waals surface area contributed by atoms with Crippen molar-refractivity contribution in [3.8, 4) is 11.4 Å².